The first kappa shape index (κ1) is 14.1. The summed E-state index contributed by atoms with van der Waals surface area (Å²) in [5, 5.41) is 9.95. The molecule has 6 nitrogen and oxygen atoms in total. The maximum Gasteiger partial charge on any atom is 0.408 e. The summed E-state index contributed by atoms with van der Waals surface area (Å²) in [6.07, 6.45) is -0.447. The Labute approximate surface area is 112 Å². The molecule has 0 aliphatic carbocycles. The van der Waals surface area contributed by atoms with E-state index in [1.54, 1.807) is 10.9 Å². The third kappa shape index (κ3) is 3.59. The Morgan fingerprint density at radius 2 is 2.15 bits per heavy atom. The fourth-order valence-corrected chi connectivity index (χ4v) is 1.55. The number of hydrogen-bond acceptors (Lipinski definition) is 3. The minimum absolute atomic E-state index is 0.185. The van der Waals surface area contributed by atoms with Gasteiger partial charge in [-0.05, 0) is 13.0 Å². The van der Waals surface area contributed by atoms with Crippen LogP contribution in [0.5, 0.6) is 0 Å². The van der Waals surface area contributed by atoms with Gasteiger partial charge in [0.2, 0.25) is 0 Å². The molecule has 2 heterocycles. The second kappa shape index (κ2) is 5.35. The average molecular weight is 287 g/mol. The lowest BCUT2D eigenvalue weighted by Crippen LogP contribution is -2.18. The van der Waals surface area contributed by atoms with E-state index in [0.29, 0.717) is 11.2 Å². The van der Waals surface area contributed by atoms with E-state index in [9.17, 15) is 18.0 Å². The molecule has 1 N–H and O–H groups in total. The number of hydrogen-bond donors (Lipinski definition) is 1. The number of alkyl halides is 3. The van der Waals surface area contributed by atoms with Crippen LogP contribution < -0.4 is 5.32 Å². The third-order valence-corrected chi connectivity index (χ3v) is 2.43. The van der Waals surface area contributed by atoms with E-state index in [4.69, 9.17) is 0 Å². The van der Waals surface area contributed by atoms with Crippen LogP contribution in [0.15, 0.2) is 24.7 Å². The van der Waals surface area contributed by atoms with Crippen molar-refractivity contribution in [3.05, 3.63) is 30.4 Å². The van der Waals surface area contributed by atoms with Gasteiger partial charge in [0.25, 0.3) is 5.91 Å². The normalized spacial score (nSPS) is 11.6. The van der Waals surface area contributed by atoms with Crippen LogP contribution in [0.4, 0.5) is 18.9 Å². The zero-order valence-electron chi connectivity index (χ0n) is 10.6. The first-order valence-electron chi connectivity index (χ1n) is 5.81. The van der Waals surface area contributed by atoms with Crippen LogP contribution in [0.2, 0.25) is 0 Å². The van der Waals surface area contributed by atoms with E-state index in [0.717, 1.165) is 12.4 Å². The number of aryl methyl sites for hydroxylation is 1. The molecule has 0 fully saturated rings. The van der Waals surface area contributed by atoms with Gasteiger partial charge in [0, 0.05) is 18.9 Å². The summed E-state index contributed by atoms with van der Waals surface area (Å²) in [6.45, 7) is 1.29. The highest BCUT2D eigenvalue weighted by Crippen LogP contribution is 2.18. The number of aromatic nitrogens is 4. The van der Waals surface area contributed by atoms with Crippen molar-refractivity contribution in [1.29, 1.82) is 0 Å². The molecule has 0 radical (unpaired) electrons. The predicted octanol–water partition coefficient (Wildman–Crippen LogP) is 1.91. The van der Waals surface area contributed by atoms with Crippen molar-refractivity contribution in [1.82, 2.24) is 19.6 Å². The van der Waals surface area contributed by atoms with Crippen molar-refractivity contribution in [3.63, 3.8) is 0 Å². The molecule has 0 aliphatic rings. The van der Waals surface area contributed by atoms with Crippen molar-refractivity contribution in [2.75, 3.05) is 5.32 Å². The van der Waals surface area contributed by atoms with Crippen molar-refractivity contribution in [2.45, 2.75) is 26.2 Å². The summed E-state index contributed by atoms with van der Waals surface area (Å²) < 4.78 is 38.8. The Kier molecular flexibility index (Phi) is 3.77. The molecule has 0 aliphatic heterocycles. The summed E-state index contributed by atoms with van der Waals surface area (Å²) in [5.74, 6) is -0.497. The molecule has 108 valence electrons. The van der Waals surface area contributed by atoms with Gasteiger partial charge in [-0.2, -0.15) is 23.4 Å². The minimum Gasteiger partial charge on any atom is -0.318 e. The second-order valence-corrected chi connectivity index (χ2v) is 4.05. The van der Waals surface area contributed by atoms with Crippen molar-refractivity contribution >= 4 is 11.6 Å². The van der Waals surface area contributed by atoms with Crippen LogP contribution in [0.25, 0.3) is 0 Å². The van der Waals surface area contributed by atoms with Gasteiger partial charge < -0.3 is 5.32 Å². The number of amides is 1. The fourth-order valence-electron chi connectivity index (χ4n) is 1.55. The Morgan fingerprint density at radius 1 is 1.40 bits per heavy atom. The first-order valence-corrected chi connectivity index (χ1v) is 5.81. The molecule has 2 aromatic heterocycles. The standard InChI is InChI=1S/C11H12F3N5O/c1-2-18-4-3-9(17-18)10(20)16-8-5-15-19(6-8)7-11(12,13)14/h3-6H,2,7H2,1H3,(H,16,20). The van der Waals surface area contributed by atoms with Gasteiger partial charge in [-0.1, -0.05) is 0 Å². The molecule has 0 bridgehead atoms. The van der Waals surface area contributed by atoms with Gasteiger partial charge in [-0.3, -0.25) is 14.2 Å². The lowest BCUT2D eigenvalue weighted by atomic mass is 10.4. The highest BCUT2D eigenvalue weighted by Gasteiger charge is 2.28. The Bertz CT molecular complexity index is 601. The molecular formula is C11H12F3N5O. The topological polar surface area (TPSA) is 64.7 Å². The smallest absolute Gasteiger partial charge is 0.318 e. The molecule has 2 rings (SSSR count). The molecule has 0 saturated carbocycles. The van der Waals surface area contributed by atoms with Crippen LogP contribution in [0.3, 0.4) is 0 Å². The molecule has 2 aromatic rings. The third-order valence-electron chi connectivity index (χ3n) is 2.43. The summed E-state index contributed by atoms with van der Waals surface area (Å²) >= 11 is 0. The Hall–Kier alpha value is -2.32. The van der Waals surface area contributed by atoms with Crippen LogP contribution in [0, 0.1) is 0 Å². The number of nitrogens with one attached hydrogen (secondary N) is 1. The number of anilines is 1. The number of rotatable bonds is 4. The summed E-state index contributed by atoms with van der Waals surface area (Å²) in [7, 11) is 0. The summed E-state index contributed by atoms with van der Waals surface area (Å²) in [6, 6.07) is 1.53. The monoisotopic (exact) mass is 287 g/mol. The molecule has 9 heteroatoms. The van der Waals surface area contributed by atoms with E-state index in [-0.39, 0.29) is 11.4 Å². The summed E-state index contributed by atoms with van der Waals surface area (Å²) in [5.41, 5.74) is 0.376. The number of halogens is 3. The average Bonchev–Trinajstić information content (AvgIpc) is 2.96. The number of nitrogens with zero attached hydrogens (tertiary/aromatic N) is 4. The predicted molar refractivity (Wildman–Crippen MR) is 64.1 cm³/mol. The van der Waals surface area contributed by atoms with E-state index in [2.05, 4.69) is 15.5 Å². The van der Waals surface area contributed by atoms with Gasteiger partial charge >= 0.3 is 6.18 Å². The molecule has 1 amide bonds. The highest BCUT2D eigenvalue weighted by molar-refractivity contribution is 6.02. The summed E-state index contributed by atoms with van der Waals surface area (Å²) in [4.78, 5) is 11.8. The SMILES string of the molecule is CCn1ccc(C(=O)Nc2cnn(CC(F)(F)F)c2)n1. The Morgan fingerprint density at radius 3 is 2.75 bits per heavy atom. The molecule has 0 saturated heterocycles. The van der Waals surface area contributed by atoms with Gasteiger partial charge in [-0.15, -0.1) is 0 Å². The number of carbonyl (C=O) groups excluding carboxylic acids is 1. The van der Waals surface area contributed by atoms with Crippen LogP contribution in [-0.2, 0) is 13.1 Å². The second-order valence-electron chi connectivity index (χ2n) is 4.05. The van der Waals surface area contributed by atoms with Gasteiger partial charge in [0.05, 0.1) is 11.9 Å². The maximum atomic E-state index is 12.2. The van der Waals surface area contributed by atoms with E-state index >= 15 is 0 Å². The van der Waals surface area contributed by atoms with Crippen molar-refractivity contribution in [3.8, 4) is 0 Å². The zero-order chi connectivity index (χ0) is 14.8. The molecule has 0 spiro atoms. The van der Waals surface area contributed by atoms with E-state index in [1.165, 1.54) is 6.07 Å². The molecular weight excluding hydrogens is 275 g/mol. The molecule has 20 heavy (non-hydrogen) atoms. The van der Waals surface area contributed by atoms with Crippen molar-refractivity contribution < 1.29 is 18.0 Å². The quantitative estimate of drug-likeness (QED) is 0.934. The minimum atomic E-state index is -4.35. The molecule has 0 unspecified atom stereocenters. The first-order chi connectivity index (χ1) is 9.37. The highest BCUT2D eigenvalue weighted by atomic mass is 19.4. The molecule has 0 atom stereocenters. The van der Waals surface area contributed by atoms with Crippen molar-refractivity contribution in [2.24, 2.45) is 0 Å². The van der Waals surface area contributed by atoms with Gasteiger partial charge in [0.15, 0.2) is 5.69 Å². The van der Waals surface area contributed by atoms with Crippen LogP contribution >= 0.6 is 0 Å². The van der Waals surface area contributed by atoms with Crippen LogP contribution in [-0.4, -0.2) is 31.6 Å². The van der Waals surface area contributed by atoms with Gasteiger partial charge in [0.1, 0.15) is 6.54 Å². The lowest BCUT2D eigenvalue weighted by Gasteiger charge is -2.05. The Balaban J connectivity index is 2.01. The largest absolute Gasteiger partial charge is 0.408 e. The molecule has 0 aromatic carbocycles. The van der Waals surface area contributed by atoms with Gasteiger partial charge in [-0.25, -0.2) is 0 Å². The maximum absolute atomic E-state index is 12.2. The van der Waals surface area contributed by atoms with E-state index in [1.807, 2.05) is 6.92 Å². The zero-order valence-corrected chi connectivity index (χ0v) is 10.6. The van der Waals surface area contributed by atoms with Crippen LogP contribution in [0.1, 0.15) is 17.4 Å². The fraction of sp³-hybridized carbons (Fsp3) is 0.364. The number of carbonyl (C=O) groups is 1. The lowest BCUT2D eigenvalue weighted by molar-refractivity contribution is -0.142. The van der Waals surface area contributed by atoms with E-state index < -0.39 is 18.6 Å².